The molecule has 5 rings (SSSR count). The monoisotopic (exact) mass is 345 g/mol. The van der Waals surface area contributed by atoms with Crippen LogP contribution in [-0.4, -0.2) is 0 Å². The highest BCUT2D eigenvalue weighted by Crippen LogP contribution is 2.52. The van der Waals surface area contributed by atoms with E-state index >= 15 is 0 Å². The molecule has 1 aliphatic heterocycles. The maximum absolute atomic E-state index is 6.35. The van der Waals surface area contributed by atoms with Gasteiger partial charge in [-0.2, -0.15) is 0 Å². The Morgan fingerprint density at radius 2 is 1.84 bits per heavy atom. The van der Waals surface area contributed by atoms with Gasteiger partial charge in [-0.1, -0.05) is 66.2 Å². The lowest BCUT2D eigenvalue weighted by molar-refractivity contribution is 0.427. The molecule has 0 saturated carbocycles. The van der Waals surface area contributed by atoms with Crippen molar-refractivity contribution in [2.75, 3.05) is 5.32 Å². The molecule has 1 heterocycles. The molecule has 0 unspecified atom stereocenters. The molecule has 124 valence electrons. The number of fused-ring (bicyclic) bond motifs is 4. The van der Waals surface area contributed by atoms with Crippen molar-refractivity contribution in [1.29, 1.82) is 0 Å². The van der Waals surface area contributed by atoms with Crippen LogP contribution in [0.1, 0.15) is 35.1 Å². The third-order valence-electron chi connectivity index (χ3n) is 5.79. The van der Waals surface area contributed by atoms with Crippen molar-refractivity contribution >= 4 is 28.1 Å². The first kappa shape index (κ1) is 15.0. The number of anilines is 1. The van der Waals surface area contributed by atoms with Gasteiger partial charge in [0.05, 0.1) is 6.04 Å². The Bertz CT molecular complexity index is 999. The van der Waals surface area contributed by atoms with Crippen molar-refractivity contribution in [3.63, 3.8) is 0 Å². The number of allylic oxidation sites excluding steroid dienone is 2. The van der Waals surface area contributed by atoms with Gasteiger partial charge in [0.2, 0.25) is 0 Å². The van der Waals surface area contributed by atoms with Gasteiger partial charge in [0, 0.05) is 16.6 Å². The number of halogens is 1. The number of nitrogens with one attached hydrogen (secondary N) is 1. The molecule has 1 aliphatic carbocycles. The molecule has 0 spiro atoms. The van der Waals surface area contributed by atoms with Crippen LogP contribution in [-0.2, 0) is 0 Å². The van der Waals surface area contributed by atoms with Gasteiger partial charge in [0.1, 0.15) is 0 Å². The Hall–Kier alpha value is -2.25. The molecule has 0 bridgehead atoms. The van der Waals surface area contributed by atoms with Gasteiger partial charge in [0.25, 0.3) is 0 Å². The van der Waals surface area contributed by atoms with Gasteiger partial charge in [-0.3, -0.25) is 0 Å². The number of rotatable bonds is 1. The first-order valence-corrected chi connectivity index (χ1v) is 9.31. The third kappa shape index (κ3) is 2.30. The van der Waals surface area contributed by atoms with E-state index in [4.69, 9.17) is 11.6 Å². The molecule has 3 aromatic carbocycles. The summed E-state index contributed by atoms with van der Waals surface area (Å²) in [6.45, 7) is 2.15. The summed E-state index contributed by atoms with van der Waals surface area (Å²) in [4.78, 5) is 0. The largest absolute Gasteiger partial charge is 0.377 e. The molecule has 0 amide bonds. The fourth-order valence-corrected chi connectivity index (χ4v) is 4.95. The normalized spacial score (nSPS) is 24.0. The van der Waals surface area contributed by atoms with Crippen molar-refractivity contribution in [2.45, 2.75) is 25.3 Å². The quantitative estimate of drug-likeness (QED) is 0.488. The predicted octanol–water partition coefficient (Wildman–Crippen LogP) is 6.63. The molecule has 1 nitrogen and oxygen atoms in total. The fraction of sp³-hybridized carbons (Fsp3) is 0.217. The Morgan fingerprint density at radius 1 is 1.00 bits per heavy atom. The lowest BCUT2D eigenvalue weighted by Crippen LogP contribution is -2.29. The summed E-state index contributed by atoms with van der Waals surface area (Å²) in [6.07, 6.45) is 5.81. The average molecular weight is 346 g/mol. The van der Waals surface area contributed by atoms with Gasteiger partial charge < -0.3 is 5.32 Å². The predicted molar refractivity (Wildman–Crippen MR) is 106 cm³/mol. The minimum absolute atomic E-state index is 0.318. The van der Waals surface area contributed by atoms with Crippen LogP contribution in [0.2, 0.25) is 5.02 Å². The van der Waals surface area contributed by atoms with E-state index in [1.54, 1.807) is 0 Å². The van der Waals surface area contributed by atoms with E-state index in [-0.39, 0.29) is 0 Å². The molecule has 0 radical (unpaired) electrons. The van der Waals surface area contributed by atoms with Crippen molar-refractivity contribution in [3.05, 3.63) is 88.5 Å². The molecule has 3 atom stereocenters. The van der Waals surface area contributed by atoms with E-state index in [0.717, 1.165) is 11.4 Å². The standard InChI is InChI=1S/C23H20ClN/c1-14-12-16(24)13-21-18-9-5-11-20(18)23(25-22(14)21)19-10-4-7-15-6-2-3-8-17(15)19/h2-10,12-13,18,20,23,25H,11H2,1H3/t18-,20-,23-/m1/s1. The smallest absolute Gasteiger partial charge is 0.0560 e. The van der Waals surface area contributed by atoms with E-state index in [9.17, 15) is 0 Å². The highest BCUT2D eigenvalue weighted by molar-refractivity contribution is 6.30. The fourth-order valence-electron chi connectivity index (χ4n) is 4.67. The molecule has 2 heteroatoms. The summed E-state index contributed by atoms with van der Waals surface area (Å²) in [6, 6.07) is 19.9. The van der Waals surface area contributed by atoms with E-state index in [1.807, 2.05) is 0 Å². The molecule has 0 aromatic heterocycles. The highest BCUT2D eigenvalue weighted by atomic mass is 35.5. The van der Waals surface area contributed by atoms with Gasteiger partial charge in [0.15, 0.2) is 0 Å². The Kier molecular flexibility index (Phi) is 3.39. The summed E-state index contributed by atoms with van der Waals surface area (Å²) in [5.41, 5.74) is 5.23. The zero-order valence-electron chi connectivity index (χ0n) is 14.2. The van der Waals surface area contributed by atoms with Crippen LogP contribution in [0.25, 0.3) is 10.8 Å². The SMILES string of the molecule is Cc1cc(Cl)cc2c1N[C@H](c1cccc3ccccc13)[C@@H]1CC=C[C@@H]21. The second kappa shape index (κ2) is 5.64. The maximum Gasteiger partial charge on any atom is 0.0560 e. The zero-order valence-corrected chi connectivity index (χ0v) is 14.9. The Labute approximate surface area is 153 Å². The Balaban J connectivity index is 1.70. The minimum Gasteiger partial charge on any atom is -0.377 e. The lowest BCUT2D eigenvalue weighted by atomic mass is 9.75. The topological polar surface area (TPSA) is 12.0 Å². The van der Waals surface area contributed by atoms with Crippen LogP contribution < -0.4 is 5.32 Å². The molecular weight excluding hydrogens is 326 g/mol. The number of hydrogen-bond acceptors (Lipinski definition) is 1. The summed E-state index contributed by atoms with van der Waals surface area (Å²) in [7, 11) is 0. The molecule has 0 saturated heterocycles. The van der Waals surface area contributed by atoms with E-state index in [2.05, 4.69) is 79.0 Å². The molecule has 2 aliphatic rings. The average Bonchev–Trinajstić information content (AvgIpc) is 3.11. The lowest BCUT2D eigenvalue weighted by Gasteiger charge is -2.39. The molecule has 1 N–H and O–H groups in total. The maximum atomic E-state index is 6.35. The number of hydrogen-bond donors (Lipinski definition) is 1. The van der Waals surface area contributed by atoms with Crippen molar-refractivity contribution < 1.29 is 0 Å². The minimum atomic E-state index is 0.318. The van der Waals surface area contributed by atoms with E-state index < -0.39 is 0 Å². The van der Waals surface area contributed by atoms with Crippen LogP contribution in [0.3, 0.4) is 0 Å². The second-order valence-corrected chi connectivity index (χ2v) is 7.67. The van der Waals surface area contributed by atoms with Crippen molar-refractivity contribution in [3.8, 4) is 0 Å². The van der Waals surface area contributed by atoms with E-state index in [0.29, 0.717) is 17.9 Å². The summed E-state index contributed by atoms with van der Waals surface area (Å²) in [5, 5.41) is 7.37. The third-order valence-corrected chi connectivity index (χ3v) is 6.01. The van der Waals surface area contributed by atoms with Gasteiger partial charge in [-0.25, -0.2) is 0 Å². The van der Waals surface area contributed by atoms with Crippen LogP contribution in [0.4, 0.5) is 5.69 Å². The summed E-state index contributed by atoms with van der Waals surface area (Å²) in [5.74, 6) is 0.980. The highest BCUT2D eigenvalue weighted by Gasteiger charge is 2.39. The van der Waals surface area contributed by atoms with Crippen LogP contribution in [0, 0.1) is 12.8 Å². The first-order valence-electron chi connectivity index (χ1n) is 8.93. The van der Waals surface area contributed by atoms with Crippen LogP contribution in [0.5, 0.6) is 0 Å². The Morgan fingerprint density at radius 3 is 2.76 bits per heavy atom. The van der Waals surface area contributed by atoms with Crippen molar-refractivity contribution in [2.24, 2.45) is 5.92 Å². The first-order chi connectivity index (χ1) is 12.2. The van der Waals surface area contributed by atoms with Crippen molar-refractivity contribution in [1.82, 2.24) is 0 Å². The summed E-state index contributed by atoms with van der Waals surface area (Å²) < 4.78 is 0. The molecule has 3 aromatic rings. The summed E-state index contributed by atoms with van der Waals surface area (Å²) >= 11 is 6.35. The molecule has 25 heavy (non-hydrogen) atoms. The van der Waals surface area contributed by atoms with E-state index in [1.165, 1.54) is 33.2 Å². The van der Waals surface area contributed by atoms with Gasteiger partial charge >= 0.3 is 0 Å². The van der Waals surface area contributed by atoms with Gasteiger partial charge in [-0.15, -0.1) is 0 Å². The zero-order chi connectivity index (χ0) is 17.0. The number of benzene rings is 3. The molecule has 0 fully saturated rings. The molecular formula is C23H20ClN. The van der Waals surface area contributed by atoms with Crippen LogP contribution >= 0.6 is 11.6 Å². The van der Waals surface area contributed by atoms with Gasteiger partial charge in [-0.05, 0) is 58.9 Å². The van der Waals surface area contributed by atoms with Crippen LogP contribution in [0.15, 0.2) is 66.7 Å². The second-order valence-electron chi connectivity index (χ2n) is 7.23. The number of aryl methyl sites for hydroxylation is 1.